The van der Waals surface area contributed by atoms with E-state index in [0.29, 0.717) is 12.5 Å². The van der Waals surface area contributed by atoms with Crippen LogP contribution in [0, 0.1) is 17.8 Å². The van der Waals surface area contributed by atoms with Gasteiger partial charge >= 0.3 is 6.09 Å². The van der Waals surface area contributed by atoms with Crippen molar-refractivity contribution in [3.63, 3.8) is 0 Å². The van der Waals surface area contributed by atoms with E-state index in [1.165, 1.54) is 32.1 Å². The van der Waals surface area contributed by atoms with Gasteiger partial charge in [0.05, 0.1) is 0 Å². The molecule has 1 saturated carbocycles. The zero-order chi connectivity index (χ0) is 15.2. The van der Waals surface area contributed by atoms with Crippen LogP contribution in [-0.2, 0) is 4.74 Å². The number of amides is 1. The summed E-state index contributed by atoms with van der Waals surface area (Å²) in [7, 11) is 0. The van der Waals surface area contributed by atoms with Gasteiger partial charge in [0.15, 0.2) is 0 Å². The number of aliphatic hydroxyl groups excluding tert-OH is 1. The Kier molecular flexibility index (Phi) is 6.80. The fourth-order valence-electron chi connectivity index (χ4n) is 3.18. The van der Waals surface area contributed by atoms with E-state index < -0.39 is 11.7 Å². The molecular weight excluding hydrogens is 254 g/mol. The van der Waals surface area contributed by atoms with Crippen molar-refractivity contribution in [1.29, 1.82) is 0 Å². The van der Waals surface area contributed by atoms with Gasteiger partial charge in [0.25, 0.3) is 0 Å². The first-order valence-corrected chi connectivity index (χ1v) is 7.94. The third kappa shape index (κ3) is 5.70. The molecule has 0 aromatic heterocycles. The second-order valence-electron chi connectivity index (χ2n) is 6.90. The number of aliphatic hydroxyl groups is 1. The molecule has 1 fully saturated rings. The van der Waals surface area contributed by atoms with E-state index in [4.69, 9.17) is 15.6 Å². The maximum atomic E-state index is 10.9. The standard InChI is InChI=1S/C16H31NO3/c1-12(16(2,3)20-15(17)19)4-5-13-6-8-14(9-7-13)10-11-18/h12-14,18H,4-11H2,1-3H3,(H2,17,19)/t12?,13-,14-. The highest BCUT2D eigenvalue weighted by molar-refractivity contribution is 5.65. The average molecular weight is 285 g/mol. The van der Waals surface area contributed by atoms with E-state index in [-0.39, 0.29) is 0 Å². The molecule has 1 aliphatic carbocycles. The van der Waals surface area contributed by atoms with Crippen LogP contribution in [0.1, 0.15) is 65.7 Å². The summed E-state index contributed by atoms with van der Waals surface area (Å²) < 4.78 is 5.20. The lowest BCUT2D eigenvalue weighted by Gasteiger charge is -2.33. The Morgan fingerprint density at radius 3 is 2.20 bits per heavy atom. The molecule has 4 heteroatoms. The second kappa shape index (κ2) is 7.87. The molecule has 1 atom stereocenters. The summed E-state index contributed by atoms with van der Waals surface area (Å²) in [6.45, 7) is 6.31. The monoisotopic (exact) mass is 285 g/mol. The number of carbonyl (C=O) groups excluding carboxylic acids is 1. The number of hydrogen-bond acceptors (Lipinski definition) is 3. The summed E-state index contributed by atoms with van der Waals surface area (Å²) in [5.41, 5.74) is 4.63. The van der Waals surface area contributed by atoms with Crippen molar-refractivity contribution in [2.45, 2.75) is 71.3 Å². The summed E-state index contributed by atoms with van der Waals surface area (Å²) in [5.74, 6) is 1.82. The molecule has 1 unspecified atom stereocenters. The van der Waals surface area contributed by atoms with E-state index in [1.807, 2.05) is 13.8 Å². The van der Waals surface area contributed by atoms with Crippen LogP contribution < -0.4 is 5.73 Å². The molecule has 1 amide bonds. The van der Waals surface area contributed by atoms with E-state index in [1.54, 1.807) is 0 Å². The van der Waals surface area contributed by atoms with Gasteiger partial charge in [-0.2, -0.15) is 0 Å². The smallest absolute Gasteiger partial charge is 0.405 e. The Morgan fingerprint density at radius 1 is 1.25 bits per heavy atom. The molecule has 20 heavy (non-hydrogen) atoms. The van der Waals surface area contributed by atoms with Crippen molar-refractivity contribution < 1.29 is 14.6 Å². The van der Waals surface area contributed by atoms with Crippen LogP contribution in [0.2, 0.25) is 0 Å². The van der Waals surface area contributed by atoms with Crippen molar-refractivity contribution in [2.24, 2.45) is 23.5 Å². The van der Waals surface area contributed by atoms with E-state index in [2.05, 4.69) is 6.92 Å². The number of primary amides is 1. The van der Waals surface area contributed by atoms with Gasteiger partial charge in [-0.15, -0.1) is 0 Å². The lowest BCUT2D eigenvalue weighted by Crippen LogP contribution is -2.37. The third-order valence-corrected chi connectivity index (χ3v) is 5.06. The van der Waals surface area contributed by atoms with Crippen LogP contribution in [0.25, 0.3) is 0 Å². The largest absolute Gasteiger partial charge is 0.443 e. The van der Waals surface area contributed by atoms with Crippen molar-refractivity contribution in [3.05, 3.63) is 0 Å². The maximum absolute atomic E-state index is 10.9. The van der Waals surface area contributed by atoms with Crippen molar-refractivity contribution >= 4 is 6.09 Å². The number of nitrogens with two attached hydrogens (primary N) is 1. The van der Waals surface area contributed by atoms with Gasteiger partial charge in [-0.05, 0) is 44.4 Å². The molecule has 0 saturated heterocycles. The quantitative estimate of drug-likeness (QED) is 0.752. The van der Waals surface area contributed by atoms with Crippen molar-refractivity contribution in [3.8, 4) is 0 Å². The minimum atomic E-state index is -0.689. The van der Waals surface area contributed by atoms with Crippen LogP contribution in [0.4, 0.5) is 4.79 Å². The lowest BCUT2D eigenvalue weighted by molar-refractivity contribution is -0.000637. The zero-order valence-electron chi connectivity index (χ0n) is 13.2. The Hall–Kier alpha value is -0.770. The van der Waals surface area contributed by atoms with Gasteiger partial charge in [-0.1, -0.05) is 39.0 Å². The lowest BCUT2D eigenvalue weighted by atomic mass is 9.77. The van der Waals surface area contributed by atoms with Crippen LogP contribution in [0.15, 0.2) is 0 Å². The third-order valence-electron chi connectivity index (χ3n) is 5.06. The molecule has 0 spiro atoms. The summed E-state index contributed by atoms with van der Waals surface area (Å²) in [6.07, 6.45) is 7.58. The topological polar surface area (TPSA) is 72.6 Å². The molecule has 3 N–H and O–H groups in total. The van der Waals surface area contributed by atoms with Gasteiger partial charge in [-0.25, -0.2) is 4.79 Å². The Labute approximate surface area is 123 Å². The van der Waals surface area contributed by atoms with Gasteiger partial charge < -0.3 is 15.6 Å². The van der Waals surface area contributed by atoms with E-state index >= 15 is 0 Å². The summed E-state index contributed by atoms with van der Waals surface area (Å²) >= 11 is 0. The highest BCUT2D eigenvalue weighted by atomic mass is 16.6. The van der Waals surface area contributed by atoms with Crippen LogP contribution in [-0.4, -0.2) is 23.4 Å². The average Bonchev–Trinajstić information content (AvgIpc) is 2.36. The first-order chi connectivity index (χ1) is 9.35. The number of hydrogen-bond donors (Lipinski definition) is 2. The Bertz CT molecular complexity index is 296. The molecule has 0 bridgehead atoms. The molecule has 0 aromatic carbocycles. The highest BCUT2D eigenvalue weighted by Gasteiger charge is 2.30. The minimum absolute atomic E-state index is 0.310. The van der Waals surface area contributed by atoms with Gasteiger partial charge in [-0.3, -0.25) is 0 Å². The number of carbonyl (C=O) groups is 1. The molecule has 0 heterocycles. The first-order valence-electron chi connectivity index (χ1n) is 7.94. The molecule has 0 aromatic rings. The maximum Gasteiger partial charge on any atom is 0.405 e. The number of rotatable bonds is 7. The minimum Gasteiger partial charge on any atom is -0.443 e. The first kappa shape index (κ1) is 17.3. The van der Waals surface area contributed by atoms with Crippen LogP contribution in [0.5, 0.6) is 0 Å². The van der Waals surface area contributed by atoms with Gasteiger partial charge in [0.1, 0.15) is 5.60 Å². The van der Waals surface area contributed by atoms with Crippen molar-refractivity contribution in [1.82, 2.24) is 0 Å². The molecule has 118 valence electrons. The Balaban J connectivity index is 2.28. The normalized spacial score (nSPS) is 25.2. The predicted molar refractivity (Wildman–Crippen MR) is 80.3 cm³/mol. The Morgan fingerprint density at radius 2 is 1.75 bits per heavy atom. The molecular formula is C16H31NO3. The molecule has 1 aliphatic rings. The van der Waals surface area contributed by atoms with Gasteiger partial charge in [0, 0.05) is 6.61 Å². The summed E-state index contributed by atoms with van der Waals surface area (Å²) in [6, 6.07) is 0. The van der Waals surface area contributed by atoms with Gasteiger partial charge in [0.2, 0.25) is 0 Å². The van der Waals surface area contributed by atoms with E-state index in [9.17, 15) is 4.79 Å². The number of ether oxygens (including phenoxy) is 1. The fraction of sp³-hybridized carbons (Fsp3) is 0.938. The van der Waals surface area contributed by atoms with Crippen LogP contribution in [0.3, 0.4) is 0 Å². The predicted octanol–water partition coefficient (Wildman–Crippen LogP) is 3.47. The fourth-order valence-corrected chi connectivity index (χ4v) is 3.18. The highest BCUT2D eigenvalue weighted by Crippen LogP contribution is 2.35. The van der Waals surface area contributed by atoms with Crippen molar-refractivity contribution in [2.75, 3.05) is 6.61 Å². The molecule has 4 nitrogen and oxygen atoms in total. The molecule has 0 aliphatic heterocycles. The molecule has 0 radical (unpaired) electrons. The molecule has 1 rings (SSSR count). The van der Waals surface area contributed by atoms with E-state index in [0.717, 1.165) is 24.7 Å². The zero-order valence-corrected chi connectivity index (χ0v) is 13.2. The van der Waals surface area contributed by atoms with Crippen LogP contribution >= 0.6 is 0 Å². The second-order valence-corrected chi connectivity index (χ2v) is 6.90. The summed E-state index contributed by atoms with van der Waals surface area (Å²) in [5, 5.41) is 8.97. The SMILES string of the molecule is CC(CC[C@H]1CC[C@H](CCO)CC1)C(C)(C)OC(N)=O. The summed E-state index contributed by atoms with van der Waals surface area (Å²) in [4.78, 5) is 10.9.